The molecule has 1 atom stereocenters. The van der Waals surface area contributed by atoms with Gasteiger partial charge in [-0.15, -0.1) is 11.3 Å². The van der Waals surface area contributed by atoms with Crippen molar-refractivity contribution in [3.63, 3.8) is 0 Å². The number of carbonyl (C=O) groups is 2. The molecular formula is C20H21BrN2O3S. The van der Waals surface area contributed by atoms with Crippen LogP contribution in [-0.4, -0.2) is 23.4 Å². The summed E-state index contributed by atoms with van der Waals surface area (Å²) < 4.78 is 6.92. The lowest BCUT2D eigenvalue weighted by Gasteiger charge is -2.19. The molecule has 1 aromatic carbocycles. The molecule has 142 valence electrons. The molecule has 1 aliphatic heterocycles. The highest BCUT2D eigenvalue weighted by Gasteiger charge is 2.26. The van der Waals surface area contributed by atoms with Crippen LogP contribution in [0.2, 0.25) is 0 Å². The number of rotatable bonds is 4. The number of benzene rings is 1. The van der Waals surface area contributed by atoms with E-state index in [4.69, 9.17) is 4.74 Å². The van der Waals surface area contributed by atoms with Gasteiger partial charge >= 0.3 is 5.97 Å². The Morgan fingerprint density at radius 1 is 1.30 bits per heavy atom. The van der Waals surface area contributed by atoms with Crippen LogP contribution in [0.4, 0.5) is 5.13 Å². The Morgan fingerprint density at radius 2 is 2.19 bits per heavy atom. The third kappa shape index (κ3) is 4.09. The largest absolute Gasteiger partial charge is 0.457 e. The molecule has 0 saturated carbocycles. The monoisotopic (exact) mass is 448 g/mol. The third-order valence-electron chi connectivity index (χ3n) is 5.09. The van der Waals surface area contributed by atoms with E-state index in [-0.39, 0.29) is 24.4 Å². The summed E-state index contributed by atoms with van der Waals surface area (Å²) in [6.45, 7) is 0.712. The third-order valence-corrected chi connectivity index (χ3v) is 6.74. The Labute approximate surface area is 170 Å². The highest BCUT2D eigenvalue weighted by Crippen LogP contribution is 2.35. The molecule has 7 heteroatoms. The lowest BCUT2D eigenvalue weighted by atomic mass is 10.0. The first-order chi connectivity index (χ1) is 13.1. The van der Waals surface area contributed by atoms with E-state index in [1.165, 1.54) is 16.9 Å². The van der Waals surface area contributed by atoms with Gasteiger partial charge < -0.3 is 4.74 Å². The number of fused-ring (bicyclic) bond motifs is 1. The fraction of sp³-hybridized carbons (Fsp3) is 0.450. The number of carbonyl (C=O) groups excluding carboxylic acids is 2. The van der Waals surface area contributed by atoms with E-state index in [1.807, 2.05) is 17.5 Å². The molecule has 27 heavy (non-hydrogen) atoms. The highest BCUT2D eigenvalue weighted by molar-refractivity contribution is 9.10. The number of hydrogen-bond donors (Lipinski definition) is 0. The first kappa shape index (κ1) is 18.6. The summed E-state index contributed by atoms with van der Waals surface area (Å²) in [5.41, 5.74) is 3.02. The Morgan fingerprint density at radius 3 is 3.00 bits per heavy atom. The summed E-state index contributed by atoms with van der Waals surface area (Å²) in [7, 11) is 0. The van der Waals surface area contributed by atoms with Gasteiger partial charge in [0.2, 0.25) is 5.91 Å². The maximum Gasteiger partial charge on any atom is 0.312 e. The van der Waals surface area contributed by atoms with E-state index in [2.05, 4.69) is 27.0 Å². The first-order valence-electron chi connectivity index (χ1n) is 9.33. The van der Waals surface area contributed by atoms with Gasteiger partial charge in [-0.05, 0) is 49.3 Å². The predicted octanol–water partition coefficient (Wildman–Crippen LogP) is 4.59. The summed E-state index contributed by atoms with van der Waals surface area (Å²) in [5.74, 6) is -0.156. The summed E-state index contributed by atoms with van der Waals surface area (Å²) >= 11 is 5.04. The number of aromatic nitrogens is 1. The average molecular weight is 449 g/mol. The number of halogens is 1. The smallest absolute Gasteiger partial charge is 0.312 e. The van der Waals surface area contributed by atoms with Gasteiger partial charge in [0.1, 0.15) is 6.10 Å². The molecule has 0 N–H and O–H groups in total. The van der Waals surface area contributed by atoms with Crippen molar-refractivity contribution in [2.24, 2.45) is 0 Å². The summed E-state index contributed by atoms with van der Waals surface area (Å²) in [4.78, 5) is 30.6. The molecule has 1 aromatic heterocycles. The summed E-state index contributed by atoms with van der Waals surface area (Å²) in [6, 6.07) is 6.09. The number of amides is 1. The molecule has 2 aromatic rings. The zero-order chi connectivity index (χ0) is 18.8. The van der Waals surface area contributed by atoms with E-state index < -0.39 is 0 Å². The number of ether oxygens (including phenoxy) is 1. The standard InChI is InChI=1S/C20H21BrN2O3S/c21-16-7-3-6-15-14(16)5-1-2-8-17(15)26-19(25)11-13-12-27-20(22-13)23-10-4-9-18(23)24/h3,6-7,12,17H,1-2,4-5,8-11H2/t17-/m1/s1. The normalized spacial score (nSPS) is 19.7. The molecule has 4 rings (SSSR count). The number of esters is 1. The van der Waals surface area contributed by atoms with Crippen LogP contribution in [0, 0.1) is 0 Å². The minimum atomic E-state index is -0.266. The second-order valence-corrected chi connectivity index (χ2v) is 8.67. The molecule has 2 aliphatic rings. The SMILES string of the molecule is O=C(Cc1csc(N2CCCC2=O)n1)O[C@@H]1CCCCc2c(Br)cccc21. The molecule has 0 radical (unpaired) electrons. The van der Waals surface area contributed by atoms with Gasteiger partial charge in [-0.3, -0.25) is 14.5 Å². The molecular weight excluding hydrogens is 428 g/mol. The van der Waals surface area contributed by atoms with Crippen molar-refractivity contribution in [2.45, 2.75) is 51.0 Å². The second-order valence-electron chi connectivity index (χ2n) is 6.98. The molecule has 0 bridgehead atoms. The van der Waals surface area contributed by atoms with Gasteiger partial charge in [-0.2, -0.15) is 0 Å². The molecule has 1 aliphatic carbocycles. The minimum Gasteiger partial charge on any atom is -0.457 e. The number of hydrogen-bond acceptors (Lipinski definition) is 5. The quantitative estimate of drug-likeness (QED) is 0.506. The van der Waals surface area contributed by atoms with Crippen LogP contribution in [0.3, 0.4) is 0 Å². The Balaban J connectivity index is 1.44. The average Bonchev–Trinajstić information content (AvgIpc) is 3.21. The Hall–Kier alpha value is -1.73. The van der Waals surface area contributed by atoms with Crippen molar-refractivity contribution in [1.29, 1.82) is 0 Å². The van der Waals surface area contributed by atoms with Gasteiger partial charge in [0, 0.05) is 22.8 Å². The predicted molar refractivity (Wildman–Crippen MR) is 108 cm³/mol. The number of thiazole rings is 1. The van der Waals surface area contributed by atoms with Gasteiger partial charge in [-0.25, -0.2) is 4.98 Å². The van der Waals surface area contributed by atoms with Crippen LogP contribution in [0.15, 0.2) is 28.1 Å². The van der Waals surface area contributed by atoms with E-state index in [0.29, 0.717) is 23.8 Å². The van der Waals surface area contributed by atoms with Crippen molar-refractivity contribution in [1.82, 2.24) is 4.98 Å². The molecule has 2 heterocycles. The molecule has 1 fully saturated rings. The molecule has 1 saturated heterocycles. The van der Waals surface area contributed by atoms with Crippen LogP contribution in [0.1, 0.15) is 55.0 Å². The van der Waals surface area contributed by atoms with Crippen molar-refractivity contribution < 1.29 is 14.3 Å². The maximum absolute atomic E-state index is 12.5. The zero-order valence-electron chi connectivity index (χ0n) is 14.9. The van der Waals surface area contributed by atoms with Gasteiger partial charge in [-0.1, -0.05) is 28.1 Å². The lowest BCUT2D eigenvalue weighted by molar-refractivity contribution is -0.149. The van der Waals surface area contributed by atoms with E-state index in [0.717, 1.165) is 42.1 Å². The molecule has 5 nitrogen and oxygen atoms in total. The zero-order valence-corrected chi connectivity index (χ0v) is 17.4. The lowest BCUT2D eigenvalue weighted by Crippen LogP contribution is -2.23. The van der Waals surface area contributed by atoms with Gasteiger partial charge in [0.05, 0.1) is 12.1 Å². The summed E-state index contributed by atoms with van der Waals surface area (Å²) in [5, 5.41) is 2.53. The minimum absolute atomic E-state index is 0.110. The van der Waals surface area contributed by atoms with Crippen LogP contribution >= 0.6 is 27.3 Å². The van der Waals surface area contributed by atoms with Crippen LogP contribution < -0.4 is 4.90 Å². The van der Waals surface area contributed by atoms with Crippen molar-refractivity contribution in [3.8, 4) is 0 Å². The van der Waals surface area contributed by atoms with Gasteiger partial charge in [0.15, 0.2) is 5.13 Å². The van der Waals surface area contributed by atoms with Crippen molar-refractivity contribution in [2.75, 3.05) is 11.4 Å². The molecule has 0 spiro atoms. The molecule has 0 unspecified atom stereocenters. The van der Waals surface area contributed by atoms with Crippen molar-refractivity contribution >= 4 is 44.3 Å². The topological polar surface area (TPSA) is 59.5 Å². The first-order valence-corrected chi connectivity index (χ1v) is 11.0. The second kappa shape index (κ2) is 8.10. The van der Waals surface area contributed by atoms with Crippen LogP contribution in [0.25, 0.3) is 0 Å². The van der Waals surface area contributed by atoms with E-state index >= 15 is 0 Å². The van der Waals surface area contributed by atoms with E-state index in [9.17, 15) is 9.59 Å². The summed E-state index contributed by atoms with van der Waals surface area (Å²) in [6.07, 6.45) is 5.37. The number of nitrogens with zero attached hydrogens (tertiary/aromatic N) is 2. The van der Waals surface area contributed by atoms with Gasteiger partial charge in [0.25, 0.3) is 0 Å². The van der Waals surface area contributed by atoms with Crippen LogP contribution in [-0.2, 0) is 27.2 Å². The van der Waals surface area contributed by atoms with E-state index in [1.54, 1.807) is 4.90 Å². The van der Waals surface area contributed by atoms with Crippen molar-refractivity contribution in [3.05, 3.63) is 44.9 Å². The fourth-order valence-electron chi connectivity index (χ4n) is 3.75. The van der Waals surface area contributed by atoms with Crippen LogP contribution in [0.5, 0.6) is 0 Å². The Bertz CT molecular complexity index is 867. The fourth-order valence-corrected chi connectivity index (χ4v) is 5.20. The maximum atomic E-state index is 12.5. The highest BCUT2D eigenvalue weighted by atomic mass is 79.9. The molecule has 1 amide bonds. The Kier molecular flexibility index (Phi) is 5.59. The number of anilines is 1.